The molecule has 0 saturated heterocycles. The Bertz CT molecular complexity index is 174. The largest absolute Gasteiger partial charge is 0.327 e. The molecule has 0 aromatic carbocycles. The van der Waals surface area contributed by atoms with Gasteiger partial charge in [0.1, 0.15) is 4.60 Å². The van der Waals surface area contributed by atoms with Crippen molar-refractivity contribution >= 4 is 31.9 Å². The van der Waals surface area contributed by atoms with E-state index in [1.54, 1.807) is 0 Å². The van der Waals surface area contributed by atoms with E-state index in [0.29, 0.717) is 0 Å². The minimum Gasteiger partial charge on any atom is -0.327 e. The van der Waals surface area contributed by atoms with E-state index in [2.05, 4.69) is 41.8 Å². The molecular weight excluding hydrogens is 236 g/mol. The lowest BCUT2D eigenvalue weighted by Crippen LogP contribution is -1.66. The van der Waals surface area contributed by atoms with Crippen LogP contribution in [0.15, 0.2) is 9.34 Å². The van der Waals surface area contributed by atoms with E-state index in [1.165, 1.54) is 0 Å². The van der Waals surface area contributed by atoms with Crippen LogP contribution < -0.4 is 0 Å². The Labute approximate surface area is 64.0 Å². The standard InChI is InChI=1S/C4H4Br2N2/c1-2-3(5)8-4(6)7-2/h1H3,(H,7,8). The molecule has 0 fully saturated rings. The second-order valence-corrected chi connectivity index (χ2v) is 2.97. The third-order valence-corrected chi connectivity index (χ3v) is 1.94. The molecule has 8 heavy (non-hydrogen) atoms. The first-order valence-corrected chi connectivity index (χ1v) is 3.66. The second-order valence-electron chi connectivity index (χ2n) is 1.43. The average molecular weight is 240 g/mol. The maximum atomic E-state index is 4.02. The molecule has 1 aromatic rings. The second kappa shape index (κ2) is 2.19. The number of imidazole rings is 1. The summed E-state index contributed by atoms with van der Waals surface area (Å²) in [6, 6.07) is 0. The van der Waals surface area contributed by atoms with Gasteiger partial charge in [0.15, 0.2) is 4.73 Å². The van der Waals surface area contributed by atoms with Gasteiger partial charge in [-0.05, 0) is 38.8 Å². The van der Waals surface area contributed by atoms with E-state index in [1.807, 2.05) is 6.92 Å². The van der Waals surface area contributed by atoms with Crippen LogP contribution in [0.5, 0.6) is 0 Å². The van der Waals surface area contributed by atoms with E-state index in [9.17, 15) is 0 Å². The van der Waals surface area contributed by atoms with Crippen molar-refractivity contribution in [2.75, 3.05) is 0 Å². The molecule has 4 heteroatoms. The lowest BCUT2D eigenvalue weighted by atomic mass is 10.6. The number of aromatic nitrogens is 2. The van der Waals surface area contributed by atoms with Gasteiger partial charge < -0.3 is 4.98 Å². The molecule has 2 nitrogen and oxygen atoms in total. The summed E-state index contributed by atoms with van der Waals surface area (Å²) < 4.78 is 1.70. The summed E-state index contributed by atoms with van der Waals surface area (Å²) in [6.07, 6.45) is 0. The summed E-state index contributed by atoms with van der Waals surface area (Å²) in [5.41, 5.74) is 0.969. The van der Waals surface area contributed by atoms with Gasteiger partial charge in [0, 0.05) is 0 Å². The molecule has 0 saturated carbocycles. The average Bonchev–Trinajstić information content (AvgIpc) is 1.85. The number of rotatable bonds is 0. The number of aromatic amines is 1. The highest BCUT2D eigenvalue weighted by Gasteiger charge is 1.97. The zero-order valence-electron chi connectivity index (χ0n) is 4.20. The van der Waals surface area contributed by atoms with Gasteiger partial charge in [-0.1, -0.05) is 0 Å². The van der Waals surface area contributed by atoms with Crippen molar-refractivity contribution in [1.82, 2.24) is 9.97 Å². The molecule has 0 aliphatic heterocycles. The molecule has 0 unspecified atom stereocenters. The van der Waals surface area contributed by atoms with E-state index < -0.39 is 0 Å². The number of hydrogen-bond donors (Lipinski definition) is 1. The summed E-state index contributed by atoms with van der Waals surface area (Å²) in [7, 11) is 0. The van der Waals surface area contributed by atoms with E-state index in [4.69, 9.17) is 0 Å². The Morgan fingerprint density at radius 1 is 1.50 bits per heavy atom. The number of nitrogens with zero attached hydrogens (tertiary/aromatic N) is 1. The maximum Gasteiger partial charge on any atom is 0.175 e. The Hall–Kier alpha value is 0.170. The third-order valence-electron chi connectivity index (χ3n) is 0.796. The molecule has 0 amide bonds. The van der Waals surface area contributed by atoms with E-state index >= 15 is 0 Å². The van der Waals surface area contributed by atoms with Gasteiger partial charge in [0.2, 0.25) is 0 Å². The van der Waals surface area contributed by atoms with Gasteiger partial charge in [-0.3, -0.25) is 0 Å². The zero-order chi connectivity index (χ0) is 6.15. The summed E-state index contributed by atoms with van der Waals surface area (Å²) in [5.74, 6) is 0. The van der Waals surface area contributed by atoms with Crippen molar-refractivity contribution in [2.45, 2.75) is 6.92 Å². The van der Waals surface area contributed by atoms with Crippen LogP contribution in [0.3, 0.4) is 0 Å². The number of hydrogen-bond acceptors (Lipinski definition) is 1. The highest BCUT2D eigenvalue weighted by atomic mass is 79.9. The van der Waals surface area contributed by atoms with Crippen LogP contribution in [0.1, 0.15) is 5.69 Å². The first-order valence-electron chi connectivity index (χ1n) is 2.08. The predicted molar refractivity (Wildman–Crippen MR) is 38.7 cm³/mol. The number of halogens is 2. The fourth-order valence-electron chi connectivity index (χ4n) is 0.405. The molecular formula is C4H4Br2N2. The number of aryl methyl sites for hydroxylation is 1. The number of H-pyrrole nitrogens is 1. The van der Waals surface area contributed by atoms with Crippen molar-refractivity contribution in [1.29, 1.82) is 0 Å². The predicted octanol–water partition coefficient (Wildman–Crippen LogP) is 2.24. The lowest BCUT2D eigenvalue weighted by molar-refractivity contribution is 1.20. The monoisotopic (exact) mass is 238 g/mol. The minimum absolute atomic E-state index is 0.766. The fourth-order valence-corrected chi connectivity index (χ4v) is 1.41. The summed E-state index contributed by atoms with van der Waals surface area (Å²) in [6.45, 7) is 1.92. The van der Waals surface area contributed by atoms with E-state index in [-0.39, 0.29) is 0 Å². The van der Waals surface area contributed by atoms with E-state index in [0.717, 1.165) is 15.0 Å². The van der Waals surface area contributed by atoms with Gasteiger partial charge in [0.25, 0.3) is 0 Å². The maximum absolute atomic E-state index is 4.02. The van der Waals surface area contributed by atoms with Crippen LogP contribution >= 0.6 is 31.9 Å². The molecule has 0 atom stereocenters. The van der Waals surface area contributed by atoms with Gasteiger partial charge >= 0.3 is 0 Å². The molecule has 1 heterocycles. The van der Waals surface area contributed by atoms with Crippen LogP contribution in [0.25, 0.3) is 0 Å². The third kappa shape index (κ3) is 1.11. The van der Waals surface area contributed by atoms with Crippen molar-refractivity contribution in [3.8, 4) is 0 Å². The van der Waals surface area contributed by atoms with Crippen LogP contribution in [0.4, 0.5) is 0 Å². The Morgan fingerprint density at radius 2 is 2.12 bits per heavy atom. The van der Waals surface area contributed by atoms with Gasteiger partial charge in [-0.2, -0.15) is 0 Å². The summed E-state index contributed by atoms with van der Waals surface area (Å²) in [4.78, 5) is 6.95. The smallest absolute Gasteiger partial charge is 0.175 e. The van der Waals surface area contributed by atoms with Crippen LogP contribution in [0.2, 0.25) is 0 Å². The molecule has 1 aromatic heterocycles. The molecule has 0 bridgehead atoms. The van der Waals surface area contributed by atoms with Crippen LogP contribution in [-0.4, -0.2) is 9.97 Å². The Morgan fingerprint density at radius 3 is 2.25 bits per heavy atom. The molecule has 1 rings (SSSR count). The first-order chi connectivity index (χ1) is 3.70. The van der Waals surface area contributed by atoms with Gasteiger partial charge in [-0.15, -0.1) is 0 Å². The van der Waals surface area contributed by atoms with Gasteiger partial charge in [-0.25, -0.2) is 4.98 Å². The molecule has 0 aliphatic carbocycles. The highest BCUT2D eigenvalue weighted by molar-refractivity contribution is 9.11. The molecule has 1 N–H and O–H groups in total. The topological polar surface area (TPSA) is 28.7 Å². The Kier molecular flexibility index (Phi) is 1.72. The van der Waals surface area contributed by atoms with Crippen molar-refractivity contribution < 1.29 is 0 Å². The Balaban J connectivity index is 3.14. The van der Waals surface area contributed by atoms with Crippen molar-refractivity contribution in [3.63, 3.8) is 0 Å². The summed E-state index contributed by atoms with van der Waals surface area (Å²) in [5, 5.41) is 0. The molecule has 0 aliphatic rings. The SMILES string of the molecule is Cc1nc(Br)[nH]c1Br. The normalized spacial score (nSPS) is 9.88. The quantitative estimate of drug-likeness (QED) is 0.739. The van der Waals surface area contributed by atoms with Crippen molar-refractivity contribution in [2.24, 2.45) is 0 Å². The van der Waals surface area contributed by atoms with Crippen LogP contribution in [-0.2, 0) is 0 Å². The fraction of sp³-hybridized carbons (Fsp3) is 0.250. The zero-order valence-corrected chi connectivity index (χ0v) is 7.38. The number of nitrogens with one attached hydrogen (secondary N) is 1. The first kappa shape index (κ1) is 6.29. The highest BCUT2D eigenvalue weighted by Crippen LogP contribution is 2.14. The van der Waals surface area contributed by atoms with Gasteiger partial charge in [0.05, 0.1) is 5.69 Å². The minimum atomic E-state index is 0.766. The van der Waals surface area contributed by atoms with Crippen molar-refractivity contribution in [3.05, 3.63) is 15.0 Å². The summed E-state index contributed by atoms with van der Waals surface area (Å²) >= 11 is 6.45. The molecule has 44 valence electrons. The lowest BCUT2D eigenvalue weighted by Gasteiger charge is -1.76. The van der Waals surface area contributed by atoms with Crippen LogP contribution in [0, 0.1) is 6.92 Å². The molecule has 0 spiro atoms. The molecule has 0 radical (unpaired) electrons.